The standard InChI is InChI=1S/C14H20BrNO2/c1-9(2)12(8-18-4)16-14(17)11-7-5-6-10(3)13(11)15/h5-7,9,12H,8H2,1-4H3,(H,16,17). The fraction of sp³-hybridized carbons (Fsp3) is 0.500. The summed E-state index contributed by atoms with van der Waals surface area (Å²) in [5.74, 6) is 0.263. The van der Waals surface area contributed by atoms with Crippen molar-refractivity contribution in [3.8, 4) is 0 Å². The van der Waals surface area contributed by atoms with E-state index in [2.05, 4.69) is 35.1 Å². The molecular formula is C14H20BrNO2. The minimum absolute atomic E-state index is 0.0231. The van der Waals surface area contributed by atoms with Gasteiger partial charge in [0, 0.05) is 11.6 Å². The van der Waals surface area contributed by atoms with Crippen LogP contribution in [0.2, 0.25) is 0 Å². The highest BCUT2D eigenvalue weighted by molar-refractivity contribution is 9.10. The molecule has 0 bridgehead atoms. The number of carbonyl (C=O) groups is 1. The van der Waals surface area contributed by atoms with Crippen LogP contribution < -0.4 is 5.32 Å². The largest absolute Gasteiger partial charge is 0.383 e. The van der Waals surface area contributed by atoms with Crippen LogP contribution in [0.15, 0.2) is 22.7 Å². The third kappa shape index (κ3) is 3.82. The van der Waals surface area contributed by atoms with Crippen molar-refractivity contribution in [1.29, 1.82) is 0 Å². The van der Waals surface area contributed by atoms with Crippen LogP contribution in [-0.2, 0) is 4.74 Å². The summed E-state index contributed by atoms with van der Waals surface area (Å²) in [4.78, 5) is 12.2. The predicted octanol–water partition coefficient (Wildman–Crippen LogP) is 3.16. The van der Waals surface area contributed by atoms with E-state index in [0.717, 1.165) is 10.0 Å². The Bertz CT molecular complexity index is 418. The first-order valence-electron chi connectivity index (χ1n) is 6.02. The van der Waals surface area contributed by atoms with Crippen molar-refractivity contribution in [2.75, 3.05) is 13.7 Å². The highest BCUT2D eigenvalue weighted by Crippen LogP contribution is 2.21. The summed E-state index contributed by atoms with van der Waals surface area (Å²) in [6.07, 6.45) is 0. The number of hydrogen-bond acceptors (Lipinski definition) is 2. The fourth-order valence-corrected chi connectivity index (χ4v) is 2.09. The lowest BCUT2D eigenvalue weighted by atomic mass is 10.0. The number of rotatable bonds is 5. The Balaban J connectivity index is 2.84. The van der Waals surface area contributed by atoms with Crippen molar-refractivity contribution in [3.63, 3.8) is 0 Å². The Morgan fingerprint density at radius 2 is 2.11 bits per heavy atom. The molecule has 4 heteroatoms. The van der Waals surface area contributed by atoms with Crippen molar-refractivity contribution in [1.82, 2.24) is 5.32 Å². The SMILES string of the molecule is COCC(NC(=O)c1cccc(C)c1Br)C(C)C. The zero-order chi connectivity index (χ0) is 13.7. The molecule has 0 radical (unpaired) electrons. The number of halogens is 1. The molecule has 1 N–H and O–H groups in total. The molecule has 1 aromatic rings. The second kappa shape index (κ2) is 6.90. The molecule has 100 valence electrons. The zero-order valence-corrected chi connectivity index (χ0v) is 12.9. The number of carbonyl (C=O) groups excluding carboxylic acids is 1. The molecule has 18 heavy (non-hydrogen) atoms. The molecule has 1 atom stereocenters. The first-order chi connectivity index (χ1) is 8.47. The number of hydrogen-bond donors (Lipinski definition) is 1. The van der Waals surface area contributed by atoms with Crippen LogP contribution >= 0.6 is 15.9 Å². The van der Waals surface area contributed by atoms with Crippen LogP contribution in [0, 0.1) is 12.8 Å². The van der Waals surface area contributed by atoms with Gasteiger partial charge in [-0.1, -0.05) is 26.0 Å². The lowest BCUT2D eigenvalue weighted by molar-refractivity contribution is 0.0866. The molecule has 1 aromatic carbocycles. The number of nitrogens with one attached hydrogen (secondary N) is 1. The van der Waals surface area contributed by atoms with Crippen LogP contribution in [0.1, 0.15) is 29.8 Å². The van der Waals surface area contributed by atoms with Gasteiger partial charge in [-0.2, -0.15) is 0 Å². The number of methoxy groups -OCH3 is 1. The van der Waals surface area contributed by atoms with Crippen molar-refractivity contribution in [3.05, 3.63) is 33.8 Å². The topological polar surface area (TPSA) is 38.3 Å². The molecule has 0 aliphatic rings. The lowest BCUT2D eigenvalue weighted by Crippen LogP contribution is -2.41. The van der Waals surface area contributed by atoms with Crippen LogP contribution in [-0.4, -0.2) is 25.7 Å². The van der Waals surface area contributed by atoms with Gasteiger partial charge in [0.05, 0.1) is 18.2 Å². The second-order valence-electron chi connectivity index (χ2n) is 4.72. The van der Waals surface area contributed by atoms with Gasteiger partial charge in [-0.3, -0.25) is 4.79 Å². The molecule has 0 spiro atoms. The number of aryl methyl sites for hydroxylation is 1. The Morgan fingerprint density at radius 1 is 1.44 bits per heavy atom. The molecule has 1 unspecified atom stereocenters. The van der Waals surface area contributed by atoms with Crippen molar-refractivity contribution in [2.24, 2.45) is 5.92 Å². The van der Waals surface area contributed by atoms with E-state index < -0.39 is 0 Å². The normalized spacial score (nSPS) is 12.6. The highest BCUT2D eigenvalue weighted by Gasteiger charge is 2.18. The maximum atomic E-state index is 12.2. The van der Waals surface area contributed by atoms with Gasteiger partial charge in [-0.25, -0.2) is 0 Å². The Kier molecular flexibility index (Phi) is 5.82. The Morgan fingerprint density at radius 3 is 2.67 bits per heavy atom. The molecule has 0 aromatic heterocycles. The summed E-state index contributed by atoms with van der Waals surface area (Å²) < 4.78 is 5.98. The summed E-state index contributed by atoms with van der Waals surface area (Å²) >= 11 is 3.45. The summed E-state index contributed by atoms with van der Waals surface area (Å²) in [5.41, 5.74) is 1.72. The number of ether oxygens (including phenoxy) is 1. The van der Waals surface area contributed by atoms with E-state index in [4.69, 9.17) is 4.74 Å². The van der Waals surface area contributed by atoms with Gasteiger partial charge in [-0.05, 0) is 40.4 Å². The van der Waals surface area contributed by atoms with Crippen LogP contribution in [0.3, 0.4) is 0 Å². The molecule has 0 aliphatic carbocycles. The maximum absolute atomic E-state index is 12.2. The first-order valence-corrected chi connectivity index (χ1v) is 6.81. The Hall–Kier alpha value is -0.870. The summed E-state index contributed by atoms with van der Waals surface area (Å²) in [6, 6.07) is 5.69. The molecule has 0 saturated carbocycles. The number of benzene rings is 1. The third-order valence-corrected chi connectivity index (χ3v) is 3.96. The Labute approximate surface area is 117 Å². The molecule has 0 aliphatic heterocycles. The van der Waals surface area contributed by atoms with Gasteiger partial charge in [0.1, 0.15) is 0 Å². The summed E-state index contributed by atoms with van der Waals surface area (Å²) in [5, 5.41) is 3.01. The lowest BCUT2D eigenvalue weighted by Gasteiger charge is -2.22. The monoisotopic (exact) mass is 313 g/mol. The van der Waals surface area contributed by atoms with E-state index in [1.54, 1.807) is 7.11 Å². The maximum Gasteiger partial charge on any atom is 0.252 e. The smallest absolute Gasteiger partial charge is 0.252 e. The molecule has 1 amide bonds. The number of amides is 1. The molecule has 1 rings (SSSR count). The van der Waals surface area contributed by atoms with E-state index in [0.29, 0.717) is 18.1 Å². The van der Waals surface area contributed by atoms with Gasteiger partial charge in [0.25, 0.3) is 5.91 Å². The summed E-state index contributed by atoms with van der Waals surface area (Å²) in [6.45, 7) is 6.62. The molecular weight excluding hydrogens is 294 g/mol. The molecule has 0 heterocycles. The van der Waals surface area contributed by atoms with E-state index >= 15 is 0 Å². The predicted molar refractivity (Wildman–Crippen MR) is 76.8 cm³/mol. The van der Waals surface area contributed by atoms with Crippen molar-refractivity contribution in [2.45, 2.75) is 26.8 Å². The van der Waals surface area contributed by atoms with Crippen molar-refractivity contribution >= 4 is 21.8 Å². The van der Waals surface area contributed by atoms with Crippen LogP contribution in [0.4, 0.5) is 0 Å². The van der Waals surface area contributed by atoms with Gasteiger partial charge < -0.3 is 10.1 Å². The quantitative estimate of drug-likeness (QED) is 0.906. The minimum atomic E-state index is -0.0682. The van der Waals surface area contributed by atoms with Crippen molar-refractivity contribution < 1.29 is 9.53 Å². The first kappa shape index (κ1) is 15.2. The van der Waals surface area contributed by atoms with E-state index in [9.17, 15) is 4.79 Å². The average Bonchev–Trinajstić information content (AvgIpc) is 2.31. The average molecular weight is 314 g/mol. The van der Waals surface area contributed by atoms with Crippen LogP contribution in [0.25, 0.3) is 0 Å². The molecule has 0 saturated heterocycles. The van der Waals surface area contributed by atoms with Gasteiger partial charge in [0.2, 0.25) is 0 Å². The van der Waals surface area contributed by atoms with Gasteiger partial charge >= 0.3 is 0 Å². The molecule has 3 nitrogen and oxygen atoms in total. The second-order valence-corrected chi connectivity index (χ2v) is 5.51. The van der Waals surface area contributed by atoms with Gasteiger partial charge in [0.15, 0.2) is 0 Å². The van der Waals surface area contributed by atoms with Crippen LogP contribution in [0.5, 0.6) is 0 Å². The van der Waals surface area contributed by atoms with Gasteiger partial charge in [-0.15, -0.1) is 0 Å². The summed E-state index contributed by atoms with van der Waals surface area (Å²) in [7, 11) is 1.64. The van der Waals surface area contributed by atoms with E-state index in [-0.39, 0.29) is 11.9 Å². The molecule has 0 fully saturated rings. The van der Waals surface area contributed by atoms with E-state index in [1.165, 1.54) is 0 Å². The zero-order valence-electron chi connectivity index (χ0n) is 11.3. The minimum Gasteiger partial charge on any atom is -0.383 e. The fourth-order valence-electron chi connectivity index (χ4n) is 1.65. The highest BCUT2D eigenvalue weighted by atomic mass is 79.9. The van der Waals surface area contributed by atoms with E-state index in [1.807, 2.05) is 25.1 Å². The third-order valence-electron chi connectivity index (χ3n) is 2.90.